The van der Waals surface area contributed by atoms with Crippen molar-refractivity contribution in [3.63, 3.8) is 0 Å². The molecular weight excluding hydrogens is 318 g/mol. The fraction of sp³-hybridized carbons (Fsp3) is 0.263. The van der Waals surface area contributed by atoms with Crippen molar-refractivity contribution in [1.29, 1.82) is 0 Å². The Balaban J connectivity index is 1.82. The van der Waals surface area contributed by atoms with E-state index in [1.165, 1.54) is 0 Å². The summed E-state index contributed by atoms with van der Waals surface area (Å²) in [6.45, 7) is 8.36. The van der Waals surface area contributed by atoms with E-state index in [-0.39, 0.29) is 5.91 Å². The van der Waals surface area contributed by atoms with Crippen molar-refractivity contribution >= 4 is 22.9 Å². The lowest BCUT2D eigenvalue weighted by atomic mass is 10.2. The number of anilines is 1. The van der Waals surface area contributed by atoms with E-state index in [0.717, 1.165) is 38.9 Å². The molecule has 0 bridgehead atoms. The van der Waals surface area contributed by atoms with E-state index in [2.05, 4.69) is 21.7 Å². The van der Waals surface area contributed by atoms with Crippen LogP contribution in [0.5, 0.6) is 0 Å². The van der Waals surface area contributed by atoms with Crippen LogP contribution in [0, 0.1) is 27.7 Å². The predicted molar refractivity (Wildman–Crippen MR) is 99.6 cm³/mol. The maximum Gasteiger partial charge on any atom is 0.244 e. The molecule has 0 radical (unpaired) electrons. The summed E-state index contributed by atoms with van der Waals surface area (Å²) in [6.07, 6.45) is 0. The smallest absolute Gasteiger partial charge is 0.244 e. The van der Waals surface area contributed by atoms with Crippen LogP contribution in [-0.4, -0.2) is 15.5 Å². The summed E-state index contributed by atoms with van der Waals surface area (Å²) in [6, 6.07) is 9.91. The highest BCUT2D eigenvalue weighted by Crippen LogP contribution is 2.28. The van der Waals surface area contributed by atoms with Gasteiger partial charge in [-0.2, -0.15) is 0 Å². The van der Waals surface area contributed by atoms with Gasteiger partial charge in [0.15, 0.2) is 0 Å². The fourth-order valence-corrected chi connectivity index (χ4v) is 3.45. The predicted octanol–water partition coefficient (Wildman–Crippen LogP) is 4.48. The van der Waals surface area contributed by atoms with E-state index in [1.54, 1.807) is 11.3 Å². The summed E-state index contributed by atoms with van der Waals surface area (Å²) in [7, 11) is 0. The van der Waals surface area contributed by atoms with Gasteiger partial charge in [-0.15, -0.1) is 11.3 Å². The van der Waals surface area contributed by atoms with E-state index < -0.39 is 0 Å². The zero-order chi connectivity index (χ0) is 17.3. The van der Waals surface area contributed by atoms with Crippen molar-refractivity contribution in [2.24, 2.45) is 0 Å². The normalized spacial score (nSPS) is 10.8. The van der Waals surface area contributed by atoms with E-state index in [1.807, 2.05) is 56.5 Å². The number of nitrogens with one attached hydrogen (secondary N) is 1. The maximum absolute atomic E-state index is 12.4. The Bertz CT molecular complexity index is 892. The van der Waals surface area contributed by atoms with Crippen molar-refractivity contribution < 1.29 is 4.79 Å². The topological polar surface area (TPSA) is 46.9 Å². The summed E-state index contributed by atoms with van der Waals surface area (Å²) < 4.78 is 2.04. The van der Waals surface area contributed by atoms with Gasteiger partial charge in [0.2, 0.25) is 5.91 Å². The van der Waals surface area contributed by atoms with Crippen LogP contribution in [0.15, 0.2) is 35.7 Å². The minimum absolute atomic E-state index is 0.0212. The van der Waals surface area contributed by atoms with Gasteiger partial charge in [-0.1, -0.05) is 18.2 Å². The maximum atomic E-state index is 12.4. The highest BCUT2D eigenvalue weighted by Gasteiger charge is 2.15. The molecule has 0 aliphatic rings. The molecule has 0 spiro atoms. The highest BCUT2D eigenvalue weighted by molar-refractivity contribution is 7.09. The van der Waals surface area contributed by atoms with Crippen LogP contribution in [0.25, 0.3) is 11.3 Å². The van der Waals surface area contributed by atoms with Crippen molar-refractivity contribution in [1.82, 2.24) is 9.55 Å². The Morgan fingerprint density at radius 1 is 1.21 bits per heavy atom. The first-order chi connectivity index (χ1) is 11.5. The highest BCUT2D eigenvalue weighted by atomic mass is 32.1. The Kier molecular flexibility index (Phi) is 4.53. The molecule has 2 heterocycles. The molecule has 4 nitrogen and oxygen atoms in total. The monoisotopic (exact) mass is 339 g/mol. The second kappa shape index (κ2) is 6.61. The van der Waals surface area contributed by atoms with E-state index in [0.29, 0.717) is 6.54 Å². The number of carbonyl (C=O) groups excluding carboxylic acids is 1. The third kappa shape index (κ3) is 3.26. The van der Waals surface area contributed by atoms with Gasteiger partial charge in [-0.25, -0.2) is 4.98 Å². The summed E-state index contributed by atoms with van der Waals surface area (Å²) in [5.74, 6) is -0.0212. The number of aryl methyl sites for hydroxylation is 3. The number of benzene rings is 1. The summed E-state index contributed by atoms with van der Waals surface area (Å²) in [5, 5.41) is 6.11. The lowest BCUT2D eigenvalue weighted by molar-refractivity contribution is -0.116. The molecule has 1 N–H and O–H groups in total. The largest absolute Gasteiger partial charge is 0.339 e. The number of nitrogens with zero attached hydrogens (tertiary/aromatic N) is 2. The van der Waals surface area contributed by atoms with Gasteiger partial charge >= 0.3 is 0 Å². The minimum Gasteiger partial charge on any atom is -0.339 e. The zero-order valence-corrected chi connectivity index (χ0v) is 15.2. The van der Waals surface area contributed by atoms with Gasteiger partial charge < -0.3 is 9.88 Å². The Morgan fingerprint density at radius 3 is 2.62 bits per heavy atom. The quantitative estimate of drug-likeness (QED) is 0.761. The third-order valence-corrected chi connectivity index (χ3v) is 4.96. The van der Waals surface area contributed by atoms with E-state index in [9.17, 15) is 4.79 Å². The molecule has 3 aromatic rings. The molecule has 0 saturated carbocycles. The lowest BCUT2D eigenvalue weighted by Crippen LogP contribution is -2.20. The number of aromatic nitrogens is 2. The van der Waals surface area contributed by atoms with Crippen molar-refractivity contribution in [3.8, 4) is 11.3 Å². The van der Waals surface area contributed by atoms with Crippen molar-refractivity contribution in [3.05, 3.63) is 57.7 Å². The molecule has 1 amide bonds. The van der Waals surface area contributed by atoms with Crippen LogP contribution in [0.3, 0.4) is 0 Å². The zero-order valence-electron chi connectivity index (χ0n) is 14.4. The molecule has 24 heavy (non-hydrogen) atoms. The van der Waals surface area contributed by atoms with Crippen LogP contribution in [0.1, 0.15) is 22.0 Å². The number of amides is 1. The average Bonchev–Trinajstić information content (AvgIpc) is 3.08. The fourth-order valence-electron chi connectivity index (χ4n) is 2.84. The summed E-state index contributed by atoms with van der Waals surface area (Å²) >= 11 is 1.64. The van der Waals surface area contributed by atoms with Gasteiger partial charge in [0.25, 0.3) is 0 Å². The summed E-state index contributed by atoms with van der Waals surface area (Å²) in [5.41, 5.74) is 6.13. The van der Waals surface area contributed by atoms with Crippen LogP contribution >= 0.6 is 11.3 Å². The van der Waals surface area contributed by atoms with Gasteiger partial charge in [0.1, 0.15) is 6.54 Å². The number of thiazole rings is 1. The Hall–Kier alpha value is -2.40. The van der Waals surface area contributed by atoms with E-state index >= 15 is 0 Å². The first kappa shape index (κ1) is 16.5. The minimum atomic E-state index is -0.0212. The molecule has 0 unspecified atom stereocenters. The van der Waals surface area contributed by atoms with Gasteiger partial charge in [0.05, 0.1) is 10.7 Å². The van der Waals surface area contributed by atoms with Crippen LogP contribution in [-0.2, 0) is 11.3 Å². The Labute approximate surface area is 146 Å². The molecule has 5 heteroatoms. The van der Waals surface area contributed by atoms with E-state index in [4.69, 9.17) is 0 Å². The molecular formula is C19H21N3OS. The lowest BCUT2D eigenvalue weighted by Gasteiger charge is -2.12. The number of rotatable bonds is 4. The number of hydrogen-bond acceptors (Lipinski definition) is 3. The molecule has 0 aliphatic carbocycles. The number of carbonyl (C=O) groups is 1. The Morgan fingerprint density at radius 2 is 1.96 bits per heavy atom. The standard InChI is InChI=1S/C19H21N3OS/c1-12-7-5-6-8-17(12)21-19(23)10-22-13(2)9-16(14(22)3)18-11-24-15(4)20-18/h5-9,11H,10H2,1-4H3,(H,21,23). The molecule has 0 aliphatic heterocycles. The van der Waals surface area contributed by atoms with Crippen LogP contribution in [0.4, 0.5) is 5.69 Å². The van der Waals surface area contributed by atoms with Crippen molar-refractivity contribution in [2.45, 2.75) is 34.2 Å². The summed E-state index contributed by atoms with van der Waals surface area (Å²) in [4.78, 5) is 17.0. The molecule has 0 saturated heterocycles. The molecule has 0 fully saturated rings. The number of hydrogen-bond donors (Lipinski definition) is 1. The van der Waals surface area contributed by atoms with Gasteiger partial charge in [0, 0.05) is 28.0 Å². The SMILES string of the molecule is Cc1nc(-c2cc(C)n(CC(=O)Nc3ccccc3C)c2C)cs1. The molecule has 3 rings (SSSR count). The first-order valence-corrected chi connectivity index (χ1v) is 8.78. The average molecular weight is 339 g/mol. The van der Waals surface area contributed by atoms with Gasteiger partial charge in [-0.3, -0.25) is 4.79 Å². The molecule has 2 aromatic heterocycles. The third-order valence-electron chi connectivity index (χ3n) is 4.19. The van der Waals surface area contributed by atoms with Crippen LogP contribution in [0.2, 0.25) is 0 Å². The molecule has 1 aromatic carbocycles. The second-order valence-electron chi connectivity index (χ2n) is 5.99. The number of para-hydroxylation sites is 1. The second-order valence-corrected chi connectivity index (χ2v) is 7.05. The van der Waals surface area contributed by atoms with Crippen molar-refractivity contribution in [2.75, 3.05) is 5.32 Å². The molecule has 0 atom stereocenters. The van der Waals surface area contributed by atoms with Crippen LogP contribution < -0.4 is 5.32 Å². The van der Waals surface area contributed by atoms with Gasteiger partial charge in [-0.05, 0) is 45.4 Å². The first-order valence-electron chi connectivity index (χ1n) is 7.90. The molecule has 124 valence electrons.